The molecule has 70 valence electrons. The van der Waals surface area contributed by atoms with Crippen molar-refractivity contribution >= 4 is 5.78 Å². The first kappa shape index (κ1) is 7.83. The highest BCUT2D eigenvalue weighted by Gasteiger charge is 2.50. The summed E-state index contributed by atoms with van der Waals surface area (Å²) in [7, 11) is 0. The summed E-state index contributed by atoms with van der Waals surface area (Å²) < 4.78 is 0. The van der Waals surface area contributed by atoms with E-state index in [1.807, 2.05) is 6.08 Å². The second-order valence-corrected chi connectivity index (χ2v) is 4.16. The van der Waals surface area contributed by atoms with Gasteiger partial charge in [-0.05, 0) is 29.7 Å². The van der Waals surface area contributed by atoms with E-state index in [2.05, 4.69) is 22.2 Å². The van der Waals surface area contributed by atoms with Crippen LogP contribution in [0.15, 0.2) is 29.0 Å². The minimum atomic E-state index is 0.0460. The summed E-state index contributed by atoms with van der Waals surface area (Å²) in [6.07, 6.45) is 7.28. The van der Waals surface area contributed by atoms with Crippen LogP contribution in [-0.2, 0) is 4.79 Å². The van der Waals surface area contributed by atoms with E-state index < -0.39 is 0 Å². The minimum absolute atomic E-state index is 0.0460. The molecule has 0 aromatic heterocycles. The van der Waals surface area contributed by atoms with E-state index >= 15 is 0 Å². The fourth-order valence-corrected chi connectivity index (χ4v) is 3.02. The second-order valence-electron chi connectivity index (χ2n) is 4.16. The average Bonchev–Trinajstić information content (AvgIpc) is 2.81. The lowest BCUT2D eigenvalue weighted by atomic mass is 9.85. The highest BCUT2D eigenvalue weighted by molar-refractivity contribution is 6.00. The molecule has 4 nitrogen and oxygen atoms in total. The molecule has 2 bridgehead atoms. The summed E-state index contributed by atoms with van der Waals surface area (Å²) in [6, 6.07) is 0. The highest BCUT2D eigenvalue weighted by Crippen LogP contribution is 2.52. The zero-order valence-corrected chi connectivity index (χ0v) is 7.50. The molecule has 0 aliphatic heterocycles. The van der Waals surface area contributed by atoms with Crippen molar-refractivity contribution in [2.75, 3.05) is 0 Å². The number of carbonyl (C=O) groups is 1. The summed E-state index contributed by atoms with van der Waals surface area (Å²) in [5.74, 6) is 1.31. The summed E-state index contributed by atoms with van der Waals surface area (Å²) in [5.41, 5.74) is 8.64. The first-order valence-corrected chi connectivity index (χ1v) is 4.80. The van der Waals surface area contributed by atoms with Gasteiger partial charge >= 0.3 is 0 Å². The predicted molar refractivity (Wildman–Crippen MR) is 50.0 cm³/mol. The van der Waals surface area contributed by atoms with Gasteiger partial charge in [0, 0.05) is 10.8 Å². The van der Waals surface area contributed by atoms with Gasteiger partial charge in [-0.25, -0.2) is 0 Å². The molecule has 0 spiro atoms. The molecule has 1 saturated carbocycles. The van der Waals surface area contributed by atoms with Gasteiger partial charge < -0.3 is 0 Å². The van der Waals surface area contributed by atoms with Crippen molar-refractivity contribution in [3.63, 3.8) is 0 Å². The van der Waals surface area contributed by atoms with E-state index in [1.54, 1.807) is 0 Å². The van der Waals surface area contributed by atoms with Crippen LogP contribution >= 0.6 is 0 Å². The number of fused-ring (bicyclic) bond motifs is 5. The van der Waals surface area contributed by atoms with Gasteiger partial charge in [-0.3, -0.25) is 4.79 Å². The summed E-state index contributed by atoms with van der Waals surface area (Å²) in [6.45, 7) is 0. The summed E-state index contributed by atoms with van der Waals surface area (Å²) in [4.78, 5) is 14.5. The lowest BCUT2D eigenvalue weighted by Gasteiger charge is -2.17. The van der Waals surface area contributed by atoms with Crippen LogP contribution in [0.25, 0.3) is 10.4 Å². The van der Waals surface area contributed by atoms with Crippen LogP contribution in [0.2, 0.25) is 0 Å². The molecule has 0 amide bonds. The molecular weight excluding hydrogens is 178 g/mol. The van der Waals surface area contributed by atoms with Crippen LogP contribution in [0.4, 0.5) is 0 Å². The van der Waals surface area contributed by atoms with Crippen molar-refractivity contribution in [2.24, 2.45) is 28.8 Å². The van der Waals surface area contributed by atoms with Gasteiger partial charge in [0.1, 0.15) is 0 Å². The van der Waals surface area contributed by atoms with E-state index in [0.29, 0.717) is 23.5 Å². The molecule has 4 heteroatoms. The number of allylic oxidation sites excluding steroid dienone is 4. The largest absolute Gasteiger partial charge is 0.294 e. The number of Topliss-reactive ketones (excluding diaryl/α,β-unsaturated/α-hetero) is 1. The first-order chi connectivity index (χ1) is 6.81. The molecule has 1 fully saturated rings. The fourth-order valence-electron chi connectivity index (χ4n) is 3.02. The Labute approximate surface area is 80.9 Å². The normalized spacial score (nSPS) is 42.3. The number of carbonyl (C=O) groups excluding carboxylic acids is 1. The molecule has 0 aromatic carbocycles. The molecule has 3 rings (SSSR count). The average molecular weight is 187 g/mol. The Morgan fingerprint density at radius 3 is 2.93 bits per heavy atom. The minimum Gasteiger partial charge on any atom is -0.294 e. The molecular formula is C10H9N3O. The van der Waals surface area contributed by atoms with Crippen molar-refractivity contribution in [1.82, 2.24) is 0 Å². The van der Waals surface area contributed by atoms with Gasteiger partial charge in [-0.15, -0.1) is 0 Å². The molecule has 0 heterocycles. The quantitative estimate of drug-likeness (QED) is 0.268. The Kier molecular flexibility index (Phi) is 1.39. The lowest BCUT2D eigenvalue weighted by Crippen LogP contribution is -2.20. The van der Waals surface area contributed by atoms with Gasteiger partial charge in [-0.1, -0.05) is 23.3 Å². The van der Waals surface area contributed by atoms with Crippen LogP contribution < -0.4 is 0 Å². The third-order valence-corrected chi connectivity index (χ3v) is 3.58. The van der Waals surface area contributed by atoms with Crippen LogP contribution in [0, 0.1) is 23.7 Å². The van der Waals surface area contributed by atoms with Crippen molar-refractivity contribution < 1.29 is 4.79 Å². The van der Waals surface area contributed by atoms with E-state index in [9.17, 15) is 4.79 Å². The third kappa shape index (κ3) is 0.788. The van der Waals surface area contributed by atoms with Crippen molar-refractivity contribution in [1.29, 1.82) is 0 Å². The van der Waals surface area contributed by atoms with Gasteiger partial charge in [0.25, 0.3) is 0 Å². The Bertz CT molecular complexity index is 417. The molecule has 4 atom stereocenters. The predicted octanol–water partition coefficient (Wildman–Crippen LogP) is 2.20. The molecule has 4 unspecified atom stereocenters. The fraction of sp³-hybridized carbons (Fsp3) is 0.500. The number of rotatable bonds is 1. The molecule has 0 saturated heterocycles. The molecule has 0 N–H and O–H groups in total. The maximum Gasteiger partial charge on any atom is 0.169 e. The second kappa shape index (κ2) is 2.49. The summed E-state index contributed by atoms with van der Waals surface area (Å²) >= 11 is 0. The maximum absolute atomic E-state index is 11.8. The van der Waals surface area contributed by atoms with Gasteiger partial charge in [0.15, 0.2) is 5.78 Å². The number of nitrogens with zero attached hydrogens (tertiary/aromatic N) is 3. The third-order valence-electron chi connectivity index (χ3n) is 3.58. The Hall–Kier alpha value is -1.54. The van der Waals surface area contributed by atoms with Gasteiger partial charge in [0.05, 0.1) is 5.70 Å². The van der Waals surface area contributed by atoms with Crippen LogP contribution in [0.1, 0.15) is 6.42 Å². The zero-order chi connectivity index (χ0) is 9.71. The molecule has 0 aromatic rings. The molecule has 3 aliphatic carbocycles. The molecule has 14 heavy (non-hydrogen) atoms. The van der Waals surface area contributed by atoms with Gasteiger partial charge in [0.2, 0.25) is 0 Å². The monoisotopic (exact) mass is 187 g/mol. The van der Waals surface area contributed by atoms with E-state index in [0.717, 1.165) is 6.42 Å². The Morgan fingerprint density at radius 1 is 1.43 bits per heavy atom. The van der Waals surface area contributed by atoms with Crippen LogP contribution in [-0.4, -0.2) is 5.78 Å². The lowest BCUT2D eigenvalue weighted by molar-refractivity contribution is -0.119. The summed E-state index contributed by atoms with van der Waals surface area (Å²) in [5, 5.41) is 3.45. The van der Waals surface area contributed by atoms with Crippen molar-refractivity contribution in [3.05, 3.63) is 34.4 Å². The smallest absolute Gasteiger partial charge is 0.169 e. The SMILES string of the molecule is [N-]=[N+]=NC1=CC2C3C=CC(C3)C2C1=O. The number of hydrogen-bond donors (Lipinski definition) is 0. The Balaban J connectivity index is 2.01. The number of hydrogen-bond acceptors (Lipinski definition) is 2. The standard InChI is InChI=1S/C10H9N3O/c11-13-12-8-4-7-5-1-2-6(3-5)9(7)10(8)14/h1-2,4-7,9H,3H2. The Morgan fingerprint density at radius 2 is 2.21 bits per heavy atom. The first-order valence-electron chi connectivity index (χ1n) is 4.80. The van der Waals surface area contributed by atoms with Crippen LogP contribution in [0.5, 0.6) is 0 Å². The van der Waals surface area contributed by atoms with E-state index in [-0.39, 0.29) is 11.7 Å². The zero-order valence-electron chi connectivity index (χ0n) is 7.50. The topological polar surface area (TPSA) is 65.8 Å². The van der Waals surface area contributed by atoms with Crippen molar-refractivity contribution in [3.8, 4) is 0 Å². The maximum atomic E-state index is 11.8. The molecule has 3 aliphatic rings. The van der Waals surface area contributed by atoms with E-state index in [1.165, 1.54) is 0 Å². The highest BCUT2D eigenvalue weighted by atomic mass is 16.1. The van der Waals surface area contributed by atoms with Crippen molar-refractivity contribution in [2.45, 2.75) is 6.42 Å². The number of ketones is 1. The van der Waals surface area contributed by atoms with Gasteiger partial charge in [-0.2, -0.15) is 0 Å². The van der Waals surface area contributed by atoms with Crippen LogP contribution in [0.3, 0.4) is 0 Å². The molecule has 0 radical (unpaired) electrons. The number of azide groups is 1. The van der Waals surface area contributed by atoms with E-state index in [4.69, 9.17) is 5.53 Å².